The Morgan fingerprint density at radius 1 is 0.889 bits per heavy atom. The van der Waals surface area contributed by atoms with Crippen molar-refractivity contribution >= 4 is 45.3 Å². The Kier molecular flexibility index (Phi) is 6.92. The molecule has 5 rings (SSSR count). The fraction of sp³-hybridized carbons (Fsp3) is 0. The fourth-order valence-electron chi connectivity index (χ4n) is 3.64. The molecule has 0 spiro atoms. The smallest absolute Gasteiger partial charge is 0.163 e. The van der Waals surface area contributed by atoms with Crippen LogP contribution in [0.5, 0.6) is 0 Å². The molecule has 178 valence electrons. The van der Waals surface area contributed by atoms with Crippen LogP contribution < -0.4 is 16.0 Å². The second kappa shape index (κ2) is 10.6. The van der Waals surface area contributed by atoms with Crippen LogP contribution in [-0.2, 0) is 0 Å². The highest BCUT2D eigenvalue weighted by molar-refractivity contribution is 8.18. The monoisotopic (exact) mass is 493 g/mol. The number of rotatable bonds is 6. The van der Waals surface area contributed by atoms with E-state index in [9.17, 15) is 10.4 Å². The highest BCUT2D eigenvalue weighted by Gasteiger charge is 2.25. The van der Waals surface area contributed by atoms with Crippen molar-refractivity contribution in [3.8, 4) is 0 Å². The largest absolute Gasteiger partial charge is 0.595 e. The van der Waals surface area contributed by atoms with Gasteiger partial charge in [0.25, 0.3) is 0 Å². The summed E-state index contributed by atoms with van der Waals surface area (Å²) in [6, 6.07) is 34.0. The maximum Gasteiger partial charge on any atom is 0.163 e. The van der Waals surface area contributed by atoms with Crippen LogP contribution >= 0.6 is 11.8 Å². The molecule has 0 bridgehead atoms. The van der Waals surface area contributed by atoms with E-state index in [1.807, 2.05) is 96.0 Å². The molecule has 1 aliphatic rings. The van der Waals surface area contributed by atoms with Gasteiger partial charge in [0.05, 0.1) is 22.8 Å². The van der Waals surface area contributed by atoms with E-state index in [4.69, 9.17) is 15.8 Å². The Labute approximate surface area is 213 Å². The lowest BCUT2D eigenvalue weighted by molar-refractivity contribution is -0.991. The maximum atomic E-state index is 11.3. The molecule has 1 aliphatic heterocycles. The number of anilines is 2. The van der Waals surface area contributed by atoms with Crippen molar-refractivity contribution in [2.75, 3.05) is 10.7 Å². The summed E-state index contributed by atoms with van der Waals surface area (Å²) >= 11 is 1.50. The Balaban J connectivity index is 1.59. The first-order chi connectivity index (χ1) is 17.6. The van der Waals surface area contributed by atoms with Gasteiger partial charge < -0.3 is 10.9 Å². The van der Waals surface area contributed by atoms with Crippen molar-refractivity contribution in [2.45, 2.75) is 0 Å². The van der Waals surface area contributed by atoms with Crippen LogP contribution in [0, 0.1) is 5.21 Å². The topological polar surface area (TPSA) is 102 Å². The van der Waals surface area contributed by atoms with Gasteiger partial charge in [-0.15, -0.1) is 0 Å². The average Bonchev–Trinajstić information content (AvgIpc) is 3.34. The molecule has 1 atom stereocenters. The van der Waals surface area contributed by atoms with Crippen molar-refractivity contribution in [1.29, 1.82) is 0 Å². The predicted octanol–water partition coefficient (Wildman–Crippen LogP) is 5.25. The summed E-state index contributed by atoms with van der Waals surface area (Å²) in [5.74, 6) is 0. The van der Waals surface area contributed by atoms with Crippen LogP contribution in [0.2, 0.25) is 0 Å². The normalized spacial score (nSPS) is 15.7. The molecule has 0 radical (unpaired) electrons. The zero-order valence-corrected chi connectivity index (χ0v) is 20.0. The van der Waals surface area contributed by atoms with Gasteiger partial charge in [0.2, 0.25) is 0 Å². The number of hydrogen-bond donors (Lipinski definition) is 3. The van der Waals surface area contributed by atoms with Crippen LogP contribution in [-0.4, -0.2) is 16.0 Å². The highest BCUT2D eigenvalue weighted by atomic mass is 32.2. The van der Waals surface area contributed by atoms with Gasteiger partial charge in [-0.3, -0.25) is 0 Å². The summed E-state index contributed by atoms with van der Waals surface area (Å²) in [6.07, 6.45) is 2.00. The molecule has 1 unspecified atom stereocenters. The van der Waals surface area contributed by atoms with Gasteiger partial charge in [0.15, 0.2) is 5.69 Å². The van der Waals surface area contributed by atoms with Crippen LogP contribution in [0.25, 0.3) is 0 Å². The summed E-state index contributed by atoms with van der Waals surface area (Å²) in [4.78, 5) is 4.91. The molecule has 0 aliphatic carbocycles. The fourth-order valence-corrected chi connectivity index (χ4v) is 4.62. The standard InChI is InChI=1S/C28H23N5O2S/c29-24-13-7-8-14-25(24)30-26(20-9-3-1-4-10-20)19-27-32(22-11-5-2-6-12-22)31-28(36-27)21-15-17-23(18-16-21)33(34)35/h1-19,33-34H,29H2. The second-order valence-electron chi connectivity index (χ2n) is 7.94. The Morgan fingerprint density at radius 2 is 1.53 bits per heavy atom. The first kappa shape index (κ1) is 23.5. The first-order valence-corrected chi connectivity index (χ1v) is 12.1. The van der Waals surface area contributed by atoms with E-state index in [2.05, 4.69) is 0 Å². The zero-order chi connectivity index (χ0) is 24.9. The number of allylic oxidation sites excluding steroid dienone is 1. The summed E-state index contributed by atoms with van der Waals surface area (Å²) in [5.41, 5.74) is 11.1. The zero-order valence-electron chi connectivity index (χ0n) is 19.2. The molecule has 8 heteroatoms. The molecule has 7 nitrogen and oxygen atoms in total. The number of hydrazone groups is 1. The van der Waals surface area contributed by atoms with Gasteiger partial charge in [-0.05, 0) is 54.2 Å². The lowest BCUT2D eigenvalue weighted by atomic mass is 10.1. The van der Waals surface area contributed by atoms with Crippen molar-refractivity contribution < 1.29 is 10.4 Å². The highest BCUT2D eigenvalue weighted by Crippen LogP contribution is 2.37. The van der Waals surface area contributed by atoms with Crippen molar-refractivity contribution in [3.05, 3.63) is 137 Å². The van der Waals surface area contributed by atoms with E-state index in [1.54, 1.807) is 24.3 Å². The SMILES string of the molecule is Nc1ccccc1N=C(C=C1SC(c2ccc([NH+]([O-])O)cc2)=NN1c1ccccc1)c1ccccc1. The molecule has 4 N–H and O–H groups in total. The van der Waals surface area contributed by atoms with Gasteiger partial charge >= 0.3 is 0 Å². The van der Waals surface area contributed by atoms with E-state index in [1.165, 1.54) is 11.8 Å². The molecule has 0 aromatic heterocycles. The lowest BCUT2D eigenvalue weighted by Gasteiger charge is -2.16. The van der Waals surface area contributed by atoms with E-state index in [-0.39, 0.29) is 5.69 Å². The third-order valence-electron chi connectivity index (χ3n) is 5.49. The number of nitrogens with zero attached hydrogens (tertiary/aromatic N) is 3. The maximum absolute atomic E-state index is 11.3. The summed E-state index contributed by atoms with van der Waals surface area (Å²) in [5, 5.41) is 27.9. The molecule has 1 heterocycles. The van der Waals surface area contributed by atoms with Gasteiger partial charge in [0.1, 0.15) is 10.1 Å². The minimum atomic E-state index is -0.960. The van der Waals surface area contributed by atoms with Gasteiger partial charge in [-0.2, -0.15) is 10.3 Å². The number of benzene rings is 4. The van der Waals surface area contributed by atoms with Crippen molar-refractivity contribution in [2.24, 2.45) is 10.1 Å². The summed E-state index contributed by atoms with van der Waals surface area (Å²) in [7, 11) is 0. The van der Waals surface area contributed by atoms with E-state index in [0.29, 0.717) is 11.4 Å². The van der Waals surface area contributed by atoms with Crippen molar-refractivity contribution in [3.63, 3.8) is 0 Å². The van der Waals surface area contributed by atoms with Crippen LogP contribution in [0.15, 0.2) is 130 Å². The quantitative estimate of drug-likeness (QED) is 0.193. The molecule has 4 aromatic rings. The molecule has 0 fully saturated rings. The number of thioether (sulfide) groups is 1. The van der Waals surface area contributed by atoms with Crippen LogP contribution in [0.4, 0.5) is 22.7 Å². The third kappa shape index (κ3) is 5.22. The average molecular weight is 494 g/mol. The van der Waals surface area contributed by atoms with E-state index in [0.717, 1.165) is 32.6 Å². The molecular formula is C28H23N5O2S. The van der Waals surface area contributed by atoms with E-state index < -0.39 is 5.23 Å². The van der Waals surface area contributed by atoms with E-state index >= 15 is 0 Å². The molecule has 0 saturated heterocycles. The molecule has 0 amide bonds. The minimum Gasteiger partial charge on any atom is -0.595 e. The third-order valence-corrected chi connectivity index (χ3v) is 6.50. The number of aliphatic imine (C=N–C) groups is 1. The number of quaternary nitrogens is 1. The van der Waals surface area contributed by atoms with Gasteiger partial charge in [0, 0.05) is 23.3 Å². The van der Waals surface area contributed by atoms with Crippen LogP contribution in [0.3, 0.4) is 0 Å². The molecule has 0 saturated carbocycles. The number of nitrogens with one attached hydrogen (secondary N) is 1. The van der Waals surface area contributed by atoms with Gasteiger partial charge in [-0.1, -0.05) is 60.7 Å². The molecule has 4 aromatic carbocycles. The first-order valence-electron chi connectivity index (χ1n) is 11.2. The molecular weight excluding hydrogens is 470 g/mol. The Morgan fingerprint density at radius 3 is 2.19 bits per heavy atom. The number of nitrogens with two attached hydrogens (primary N) is 1. The Hall–Kier alpha value is -4.21. The number of hydrogen-bond acceptors (Lipinski definition) is 7. The van der Waals surface area contributed by atoms with Gasteiger partial charge in [-0.25, -0.2) is 15.2 Å². The number of nitrogen functional groups attached to an aromatic ring is 1. The summed E-state index contributed by atoms with van der Waals surface area (Å²) < 4.78 is 0. The Bertz CT molecular complexity index is 1440. The van der Waals surface area contributed by atoms with Crippen LogP contribution in [0.1, 0.15) is 11.1 Å². The molecule has 36 heavy (non-hydrogen) atoms. The summed E-state index contributed by atoms with van der Waals surface area (Å²) in [6.45, 7) is 0. The number of para-hydroxylation sites is 3. The second-order valence-corrected chi connectivity index (χ2v) is 8.95. The minimum absolute atomic E-state index is 0.233. The van der Waals surface area contributed by atoms with Crippen molar-refractivity contribution in [1.82, 2.24) is 0 Å². The lowest BCUT2D eigenvalue weighted by Crippen LogP contribution is -2.99. The predicted molar refractivity (Wildman–Crippen MR) is 147 cm³/mol.